The minimum absolute atomic E-state index is 0.0432. The molecule has 2 atom stereocenters. The van der Waals surface area contributed by atoms with Crippen molar-refractivity contribution in [3.05, 3.63) is 65.0 Å². The van der Waals surface area contributed by atoms with Crippen molar-refractivity contribution in [2.24, 2.45) is 0 Å². The maximum absolute atomic E-state index is 13.1. The van der Waals surface area contributed by atoms with E-state index < -0.39 is 11.4 Å². The highest BCUT2D eigenvalue weighted by Gasteiger charge is 2.65. The average Bonchev–Trinajstić information content (AvgIpc) is 3.18. The summed E-state index contributed by atoms with van der Waals surface area (Å²) in [5, 5.41) is 12.0. The van der Waals surface area contributed by atoms with Gasteiger partial charge in [0.1, 0.15) is 5.82 Å². The number of nitrogens with one attached hydrogen (secondary N) is 1. The predicted molar refractivity (Wildman–Crippen MR) is 77.5 cm³/mol. The van der Waals surface area contributed by atoms with Crippen LogP contribution in [0.1, 0.15) is 33.8 Å². The van der Waals surface area contributed by atoms with Crippen LogP contribution in [0.4, 0.5) is 10.1 Å². The number of rotatable bonds is 2. The van der Waals surface area contributed by atoms with Crippen molar-refractivity contribution in [3.8, 4) is 0 Å². The first-order valence-electron chi connectivity index (χ1n) is 6.97. The Morgan fingerprint density at radius 2 is 1.95 bits per heavy atom. The molecule has 0 radical (unpaired) electrons. The number of amides is 1. The van der Waals surface area contributed by atoms with Crippen LogP contribution in [0.25, 0.3) is 0 Å². The second-order valence-electron chi connectivity index (χ2n) is 5.80. The van der Waals surface area contributed by atoms with Crippen molar-refractivity contribution >= 4 is 17.6 Å². The van der Waals surface area contributed by atoms with E-state index in [1.165, 1.54) is 18.2 Å². The van der Waals surface area contributed by atoms with Gasteiger partial charge in [-0.25, -0.2) is 9.18 Å². The van der Waals surface area contributed by atoms with Crippen molar-refractivity contribution in [2.75, 3.05) is 5.32 Å². The van der Waals surface area contributed by atoms with Gasteiger partial charge >= 0.3 is 5.97 Å². The molecule has 0 aromatic heterocycles. The minimum Gasteiger partial charge on any atom is -0.478 e. The predicted octanol–water partition coefficient (Wildman–Crippen LogP) is 2.90. The first kappa shape index (κ1) is 13.0. The first-order valence-corrected chi connectivity index (χ1v) is 6.97. The molecule has 1 aliphatic carbocycles. The van der Waals surface area contributed by atoms with Crippen LogP contribution in [0.3, 0.4) is 0 Å². The van der Waals surface area contributed by atoms with Crippen LogP contribution in [-0.2, 0) is 10.2 Å². The molecule has 0 bridgehead atoms. The van der Waals surface area contributed by atoms with Crippen LogP contribution in [0.2, 0.25) is 0 Å². The molecule has 5 heteroatoms. The van der Waals surface area contributed by atoms with Crippen LogP contribution in [0, 0.1) is 5.82 Å². The molecule has 4 nitrogen and oxygen atoms in total. The second-order valence-corrected chi connectivity index (χ2v) is 5.80. The van der Waals surface area contributed by atoms with Gasteiger partial charge < -0.3 is 10.4 Å². The standard InChI is InChI=1S/C17H12FNO3/c18-11-4-1-9(2-5-11)13-8-17(13)12-7-10(15(20)21)3-6-14(12)19-16(17)22/h1-7,13H,8H2,(H,19,22)(H,20,21)/t13-,17+/m0/s1. The molecule has 4 rings (SSSR count). The number of carboxylic acids is 1. The Kier molecular flexibility index (Phi) is 2.46. The number of carbonyl (C=O) groups is 2. The number of halogens is 1. The van der Waals surface area contributed by atoms with Gasteiger partial charge in [0, 0.05) is 11.6 Å². The van der Waals surface area contributed by atoms with E-state index in [0.717, 1.165) is 11.1 Å². The summed E-state index contributed by atoms with van der Waals surface area (Å²) in [4.78, 5) is 23.6. The molecule has 1 heterocycles. The molecular weight excluding hydrogens is 285 g/mol. The Morgan fingerprint density at radius 3 is 2.64 bits per heavy atom. The maximum atomic E-state index is 13.1. The third-order valence-corrected chi connectivity index (χ3v) is 4.63. The zero-order valence-electron chi connectivity index (χ0n) is 11.5. The van der Waals surface area contributed by atoms with E-state index in [2.05, 4.69) is 5.32 Å². The number of hydrogen-bond donors (Lipinski definition) is 2. The molecule has 2 N–H and O–H groups in total. The van der Waals surface area contributed by atoms with Gasteiger partial charge in [-0.1, -0.05) is 12.1 Å². The molecule has 2 aliphatic rings. The molecule has 0 unspecified atom stereocenters. The lowest BCUT2D eigenvalue weighted by Crippen LogP contribution is -2.21. The van der Waals surface area contributed by atoms with Crippen molar-refractivity contribution in [1.82, 2.24) is 0 Å². The molecule has 1 saturated carbocycles. The van der Waals surface area contributed by atoms with E-state index in [1.54, 1.807) is 24.3 Å². The summed E-state index contributed by atoms with van der Waals surface area (Å²) in [5.74, 6) is -1.49. The lowest BCUT2D eigenvalue weighted by Gasteiger charge is -2.09. The van der Waals surface area contributed by atoms with E-state index in [9.17, 15) is 14.0 Å². The summed E-state index contributed by atoms with van der Waals surface area (Å²) in [6.45, 7) is 0. The molecule has 1 amide bonds. The number of aromatic carboxylic acids is 1. The summed E-state index contributed by atoms with van der Waals surface area (Å²) >= 11 is 0. The van der Waals surface area contributed by atoms with Gasteiger partial charge in [0.05, 0.1) is 11.0 Å². The Morgan fingerprint density at radius 1 is 1.23 bits per heavy atom. The Balaban J connectivity index is 1.79. The summed E-state index contributed by atoms with van der Waals surface area (Å²) in [6.07, 6.45) is 0.612. The molecule has 0 saturated heterocycles. The fourth-order valence-corrected chi connectivity index (χ4v) is 3.42. The SMILES string of the molecule is O=C(O)c1ccc2c(c1)[C@@]1(C[C@H]1c1ccc(F)cc1)C(=O)N2. The number of fused-ring (bicyclic) bond motifs is 2. The number of anilines is 1. The fourth-order valence-electron chi connectivity index (χ4n) is 3.42. The Bertz CT molecular complexity index is 815. The smallest absolute Gasteiger partial charge is 0.335 e. The first-order chi connectivity index (χ1) is 10.5. The molecular formula is C17H12FNO3. The molecule has 2 aromatic carbocycles. The van der Waals surface area contributed by atoms with Gasteiger partial charge in [-0.15, -0.1) is 0 Å². The minimum atomic E-state index is -1.02. The molecule has 2 aromatic rings. The van der Waals surface area contributed by atoms with Crippen LogP contribution in [-0.4, -0.2) is 17.0 Å². The van der Waals surface area contributed by atoms with E-state index >= 15 is 0 Å². The third kappa shape index (κ3) is 1.62. The lowest BCUT2D eigenvalue weighted by molar-refractivity contribution is -0.118. The molecule has 22 heavy (non-hydrogen) atoms. The van der Waals surface area contributed by atoms with Crippen molar-refractivity contribution < 1.29 is 19.1 Å². The molecule has 1 spiro atoms. The number of benzene rings is 2. The highest BCUT2D eigenvalue weighted by Crippen LogP contribution is 2.64. The van der Waals surface area contributed by atoms with E-state index in [1.807, 2.05) is 0 Å². The average molecular weight is 297 g/mol. The van der Waals surface area contributed by atoms with Gasteiger partial charge in [0.25, 0.3) is 0 Å². The van der Waals surface area contributed by atoms with Gasteiger partial charge in [0.2, 0.25) is 5.91 Å². The van der Waals surface area contributed by atoms with E-state index in [0.29, 0.717) is 12.1 Å². The van der Waals surface area contributed by atoms with Gasteiger partial charge in [0.15, 0.2) is 0 Å². The monoisotopic (exact) mass is 297 g/mol. The van der Waals surface area contributed by atoms with Crippen LogP contribution in [0.5, 0.6) is 0 Å². The van der Waals surface area contributed by atoms with Crippen molar-refractivity contribution in [3.63, 3.8) is 0 Å². The number of carbonyl (C=O) groups excluding carboxylic acids is 1. The molecule has 1 fully saturated rings. The fraction of sp³-hybridized carbons (Fsp3) is 0.176. The summed E-state index contributed by atoms with van der Waals surface area (Å²) in [6, 6.07) is 10.8. The highest BCUT2D eigenvalue weighted by atomic mass is 19.1. The zero-order chi connectivity index (χ0) is 15.5. The van der Waals surface area contributed by atoms with Gasteiger partial charge in [-0.05, 0) is 47.9 Å². The molecule has 110 valence electrons. The van der Waals surface area contributed by atoms with E-state index in [-0.39, 0.29) is 23.2 Å². The van der Waals surface area contributed by atoms with Crippen LogP contribution in [0.15, 0.2) is 42.5 Å². The Hall–Kier alpha value is -2.69. The zero-order valence-corrected chi connectivity index (χ0v) is 11.5. The topological polar surface area (TPSA) is 66.4 Å². The van der Waals surface area contributed by atoms with Crippen LogP contribution < -0.4 is 5.32 Å². The van der Waals surface area contributed by atoms with Crippen molar-refractivity contribution in [1.29, 1.82) is 0 Å². The van der Waals surface area contributed by atoms with Crippen LogP contribution >= 0.6 is 0 Å². The number of carboxylic acid groups (broad SMARTS) is 1. The highest BCUT2D eigenvalue weighted by molar-refractivity contribution is 6.10. The largest absolute Gasteiger partial charge is 0.478 e. The summed E-state index contributed by atoms with van der Waals surface area (Å²) in [5.41, 5.74) is 1.74. The summed E-state index contributed by atoms with van der Waals surface area (Å²) < 4.78 is 13.1. The normalized spacial score (nSPS) is 25.0. The Labute approximate surface area is 125 Å². The maximum Gasteiger partial charge on any atom is 0.335 e. The van der Waals surface area contributed by atoms with Crippen molar-refractivity contribution in [2.45, 2.75) is 17.8 Å². The third-order valence-electron chi connectivity index (χ3n) is 4.63. The van der Waals surface area contributed by atoms with E-state index in [4.69, 9.17) is 5.11 Å². The van der Waals surface area contributed by atoms with Gasteiger partial charge in [-0.3, -0.25) is 4.79 Å². The number of hydrogen-bond acceptors (Lipinski definition) is 2. The molecule has 1 aliphatic heterocycles. The lowest BCUT2D eigenvalue weighted by atomic mass is 9.91. The quantitative estimate of drug-likeness (QED) is 0.895. The summed E-state index contributed by atoms with van der Waals surface area (Å²) in [7, 11) is 0. The van der Waals surface area contributed by atoms with Gasteiger partial charge in [-0.2, -0.15) is 0 Å². The second kappa shape index (κ2) is 4.16.